The first-order valence-corrected chi connectivity index (χ1v) is 6.57. The smallest absolute Gasteiger partial charge is 0.126 e. The summed E-state index contributed by atoms with van der Waals surface area (Å²) in [5.41, 5.74) is 0.318. The topological polar surface area (TPSA) is 29.5 Å². The van der Waals surface area contributed by atoms with E-state index in [-0.39, 0.29) is 17.8 Å². The quantitative estimate of drug-likeness (QED) is 0.930. The summed E-state index contributed by atoms with van der Waals surface area (Å²) in [5.74, 6) is -0.216. The molecule has 1 unspecified atom stereocenters. The van der Waals surface area contributed by atoms with Crippen molar-refractivity contribution >= 4 is 15.9 Å². The van der Waals surface area contributed by atoms with Crippen molar-refractivity contribution in [1.82, 2.24) is 0 Å². The lowest BCUT2D eigenvalue weighted by Crippen LogP contribution is -2.37. The van der Waals surface area contributed by atoms with Crippen LogP contribution >= 0.6 is 15.9 Å². The molecule has 1 heterocycles. The molecule has 0 aliphatic carbocycles. The third kappa shape index (κ3) is 3.06. The van der Waals surface area contributed by atoms with Crippen LogP contribution in [0.3, 0.4) is 0 Å². The van der Waals surface area contributed by atoms with E-state index in [0.29, 0.717) is 18.6 Å². The molecule has 1 fully saturated rings. The van der Waals surface area contributed by atoms with E-state index >= 15 is 0 Å². The van der Waals surface area contributed by atoms with E-state index in [1.807, 2.05) is 0 Å². The van der Waals surface area contributed by atoms with Crippen LogP contribution in [0.1, 0.15) is 18.4 Å². The Morgan fingerprint density at radius 1 is 1.47 bits per heavy atom. The van der Waals surface area contributed by atoms with Gasteiger partial charge in [0.25, 0.3) is 0 Å². The Morgan fingerprint density at radius 3 is 2.94 bits per heavy atom. The SMILES string of the molecule is OCC1(Cc2cc(Br)ccc2F)CCCOC1. The fraction of sp³-hybridized carbons (Fsp3) is 0.538. The molecule has 0 radical (unpaired) electrons. The highest BCUT2D eigenvalue weighted by molar-refractivity contribution is 9.10. The second-order valence-corrected chi connectivity index (χ2v) is 5.64. The molecule has 0 bridgehead atoms. The molecule has 0 saturated carbocycles. The average Bonchev–Trinajstić information content (AvgIpc) is 2.35. The van der Waals surface area contributed by atoms with Gasteiger partial charge in [-0.2, -0.15) is 0 Å². The molecular formula is C13H16BrFO2. The predicted molar refractivity (Wildman–Crippen MR) is 67.4 cm³/mol. The highest BCUT2D eigenvalue weighted by Crippen LogP contribution is 2.33. The number of hydrogen-bond donors (Lipinski definition) is 1. The molecule has 0 aromatic heterocycles. The molecule has 0 amide bonds. The first-order valence-electron chi connectivity index (χ1n) is 5.78. The zero-order valence-electron chi connectivity index (χ0n) is 9.59. The van der Waals surface area contributed by atoms with Crippen LogP contribution in [0.2, 0.25) is 0 Å². The molecule has 0 spiro atoms. The fourth-order valence-electron chi connectivity index (χ4n) is 2.31. The number of aliphatic hydroxyl groups is 1. The Morgan fingerprint density at radius 2 is 2.29 bits per heavy atom. The zero-order valence-corrected chi connectivity index (χ0v) is 11.2. The van der Waals surface area contributed by atoms with Gasteiger partial charge in [0.2, 0.25) is 0 Å². The second-order valence-electron chi connectivity index (χ2n) is 4.73. The second kappa shape index (κ2) is 5.46. The van der Waals surface area contributed by atoms with Crippen LogP contribution in [-0.2, 0) is 11.2 Å². The standard InChI is InChI=1S/C13H16BrFO2/c14-11-2-3-12(15)10(6-11)7-13(8-16)4-1-5-17-9-13/h2-3,6,16H,1,4-5,7-9H2. The minimum atomic E-state index is -0.320. The summed E-state index contributed by atoms with van der Waals surface area (Å²) in [4.78, 5) is 0. The third-order valence-electron chi connectivity index (χ3n) is 3.31. The van der Waals surface area contributed by atoms with Crippen LogP contribution in [-0.4, -0.2) is 24.9 Å². The van der Waals surface area contributed by atoms with Crippen LogP contribution < -0.4 is 0 Å². The molecule has 1 aliphatic heterocycles. The number of ether oxygens (including phenoxy) is 1. The summed E-state index contributed by atoms with van der Waals surface area (Å²) >= 11 is 3.34. The van der Waals surface area contributed by atoms with E-state index in [0.717, 1.165) is 23.9 Å². The van der Waals surface area contributed by atoms with Crippen LogP contribution in [0.25, 0.3) is 0 Å². The molecule has 1 saturated heterocycles. The minimum Gasteiger partial charge on any atom is -0.396 e. The van der Waals surface area contributed by atoms with Gasteiger partial charge in [-0.1, -0.05) is 15.9 Å². The van der Waals surface area contributed by atoms with Crippen LogP contribution in [0, 0.1) is 11.2 Å². The molecule has 2 rings (SSSR count). The fourth-order valence-corrected chi connectivity index (χ4v) is 2.72. The summed E-state index contributed by atoms with van der Waals surface area (Å²) in [6.07, 6.45) is 2.33. The van der Waals surface area contributed by atoms with Gasteiger partial charge < -0.3 is 9.84 Å². The maximum Gasteiger partial charge on any atom is 0.126 e. The van der Waals surface area contributed by atoms with Crippen LogP contribution in [0.4, 0.5) is 4.39 Å². The summed E-state index contributed by atoms with van der Waals surface area (Å²) in [7, 11) is 0. The van der Waals surface area contributed by atoms with Gasteiger partial charge in [0.05, 0.1) is 13.2 Å². The van der Waals surface area contributed by atoms with Gasteiger partial charge in [0.1, 0.15) is 5.82 Å². The number of aliphatic hydroxyl groups excluding tert-OH is 1. The Kier molecular flexibility index (Phi) is 4.17. The number of rotatable bonds is 3. The molecule has 1 atom stereocenters. The third-order valence-corrected chi connectivity index (χ3v) is 3.81. The van der Waals surface area contributed by atoms with Crippen molar-refractivity contribution in [1.29, 1.82) is 0 Å². The van der Waals surface area contributed by atoms with Gasteiger partial charge in [0.15, 0.2) is 0 Å². The molecule has 1 aromatic carbocycles. The van der Waals surface area contributed by atoms with E-state index in [1.54, 1.807) is 12.1 Å². The zero-order chi connectivity index (χ0) is 12.3. The monoisotopic (exact) mass is 302 g/mol. The molecule has 17 heavy (non-hydrogen) atoms. The van der Waals surface area contributed by atoms with Gasteiger partial charge in [0, 0.05) is 16.5 Å². The Labute approximate surface area is 109 Å². The average molecular weight is 303 g/mol. The molecule has 94 valence electrons. The Hall–Kier alpha value is -0.450. The maximum atomic E-state index is 13.7. The first-order chi connectivity index (χ1) is 8.15. The first kappa shape index (κ1) is 13.0. The lowest BCUT2D eigenvalue weighted by Gasteiger charge is -2.35. The van der Waals surface area contributed by atoms with Crippen molar-refractivity contribution in [3.05, 3.63) is 34.1 Å². The number of halogens is 2. The van der Waals surface area contributed by atoms with Crippen LogP contribution in [0.5, 0.6) is 0 Å². The highest BCUT2D eigenvalue weighted by Gasteiger charge is 2.33. The van der Waals surface area contributed by atoms with E-state index in [2.05, 4.69) is 15.9 Å². The Balaban J connectivity index is 2.20. The summed E-state index contributed by atoms with van der Waals surface area (Å²) < 4.78 is 20.0. The van der Waals surface area contributed by atoms with Crippen molar-refractivity contribution in [2.45, 2.75) is 19.3 Å². The van der Waals surface area contributed by atoms with E-state index in [1.165, 1.54) is 6.07 Å². The minimum absolute atomic E-state index is 0.0406. The molecule has 2 nitrogen and oxygen atoms in total. The van der Waals surface area contributed by atoms with Gasteiger partial charge in [-0.05, 0) is 43.0 Å². The van der Waals surface area contributed by atoms with Crippen molar-refractivity contribution in [3.63, 3.8) is 0 Å². The number of hydrogen-bond acceptors (Lipinski definition) is 2. The molecule has 1 aromatic rings. The predicted octanol–water partition coefficient (Wildman–Crippen LogP) is 2.92. The van der Waals surface area contributed by atoms with Crippen molar-refractivity contribution in [3.8, 4) is 0 Å². The van der Waals surface area contributed by atoms with Gasteiger partial charge in [-0.3, -0.25) is 0 Å². The lowest BCUT2D eigenvalue weighted by atomic mass is 9.78. The van der Waals surface area contributed by atoms with Gasteiger partial charge in [-0.15, -0.1) is 0 Å². The van der Waals surface area contributed by atoms with E-state index in [9.17, 15) is 9.50 Å². The summed E-state index contributed by atoms with van der Waals surface area (Å²) in [6, 6.07) is 4.91. The van der Waals surface area contributed by atoms with Crippen molar-refractivity contribution < 1.29 is 14.2 Å². The van der Waals surface area contributed by atoms with Crippen LogP contribution in [0.15, 0.2) is 22.7 Å². The molecule has 1 N–H and O–H groups in total. The van der Waals surface area contributed by atoms with E-state index in [4.69, 9.17) is 4.74 Å². The maximum absolute atomic E-state index is 13.7. The summed E-state index contributed by atoms with van der Waals surface area (Å²) in [6.45, 7) is 1.29. The lowest BCUT2D eigenvalue weighted by molar-refractivity contribution is -0.0382. The van der Waals surface area contributed by atoms with Gasteiger partial charge in [-0.25, -0.2) is 4.39 Å². The largest absolute Gasteiger partial charge is 0.396 e. The molecule has 4 heteroatoms. The van der Waals surface area contributed by atoms with Gasteiger partial charge >= 0.3 is 0 Å². The summed E-state index contributed by atoms with van der Waals surface area (Å²) in [5, 5.41) is 9.55. The van der Waals surface area contributed by atoms with Crippen molar-refractivity contribution in [2.75, 3.05) is 19.8 Å². The van der Waals surface area contributed by atoms with E-state index < -0.39 is 0 Å². The molecule has 1 aliphatic rings. The molecular weight excluding hydrogens is 287 g/mol. The number of benzene rings is 1. The normalized spacial score (nSPS) is 24.9. The van der Waals surface area contributed by atoms with Crippen molar-refractivity contribution in [2.24, 2.45) is 5.41 Å². The highest BCUT2D eigenvalue weighted by atomic mass is 79.9. The Bertz CT molecular complexity index is 389.